The lowest BCUT2D eigenvalue weighted by atomic mass is 10.1. The van der Waals surface area contributed by atoms with E-state index in [1.54, 1.807) is 36.0 Å². The van der Waals surface area contributed by atoms with Gasteiger partial charge in [0.1, 0.15) is 11.3 Å². The van der Waals surface area contributed by atoms with Gasteiger partial charge in [0.25, 0.3) is 5.91 Å². The van der Waals surface area contributed by atoms with E-state index < -0.39 is 0 Å². The van der Waals surface area contributed by atoms with Crippen LogP contribution in [0.3, 0.4) is 0 Å². The van der Waals surface area contributed by atoms with Gasteiger partial charge < -0.3 is 9.73 Å². The molecule has 0 saturated heterocycles. The number of carbonyl (C=O) groups is 1. The smallest absolute Gasteiger partial charge is 0.255 e. The Morgan fingerprint density at radius 2 is 1.54 bits per heavy atom. The predicted molar refractivity (Wildman–Crippen MR) is 142 cm³/mol. The van der Waals surface area contributed by atoms with Crippen molar-refractivity contribution in [3.63, 3.8) is 0 Å². The van der Waals surface area contributed by atoms with Gasteiger partial charge in [-0.15, -0.1) is 0 Å². The highest BCUT2D eigenvalue weighted by molar-refractivity contribution is 7.99. The maximum absolute atomic E-state index is 13.0. The van der Waals surface area contributed by atoms with E-state index in [0.717, 1.165) is 32.2 Å². The SMILES string of the molecule is Cc1cc(C)c2oc(-c3ccc(C(=O)Nc4ccccc4Sc4ccccc4)cc3)cc(=O)c2c1. The maximum Gasteiger partial charge on any atom is 0.255 e. The number of aryl methyl sites for hydroxylation is 2. The molecule has 0 spiro atoms. The second-order valence-corrected chi connectivity index (χ2v) is 9.49. The van der Waals surface area contributed by atoms with Crippen LogP contribution in [0, 0.1) is 13.8 Å². The van der Waals surface area contributed by atoms with Crippen LogP contribution >= 0.6 is 11.8 Å². The number of amides is 1. The standard InChI is InChI=1S/C30H23NO3S/c1-19-16-20(2)29-24(17-19)26(32)18-27(34-29)21-12-14-22(15-13-21)30(33)31-25-10-6-7-11-28(25)35-23-8-4-3-5-9-23/h3-18H,1-2H3,(H,31,33). The number of benzene rings is 4. The molecule has 5 aromatic rings. The van der Waals surface area contributed by atoms with Crippen LogP contribution in [0.15, 0.2) is 116 Å². The highest BCUT2D eigenvalue weighted by Crippen LogP contribution is 2.33. The predicted octanol–water partition coefficient (Wildman–Crippen LogP) is 7.48. The molecule has 172 valence electrons. The van der Waals surface area contributed by atoms with Crippen LogP contribution in [0.25, 0.3) is 22.3 Å². The topological polar surface area (TPSA) is 59.3 Å². The number of para-hydroxylation sites is 1. The van der Waals surface area contributed by atoms with Crippen LogP contribution in [-0.2, 0) is 0 Å². The Balaban J connectivity index is 1.38. The first-order chi connectivity index (χ1) is 17.0. The van der Waals surface area contributed by atoms with Crippen molar-refractivity contribution in [3.8, 4) is 11.3 Å². The summed E-state index contributed by atoms with van der Waals surface area (Å²) in [5.74, 6) is 0.273. The molecule has 0 saturated carbocycles. The molecule has 1 heterocycles. The summed E-state index contributed by atoms with van der Waals surface area (Å²) in [5, 5.41) is 3.60. The van der Waals surface area contributed by atoms with E-state index in [1.807, 2.05) is 80.6 Å². The third kappa shape index (κ3) is 4.91. The molecular formula is C30H23NO3S. The van der Waals surface area contributed by atoms with Crippen LogP contribution < -0.4 is 10.7 Å². The van der Waals surface area contributed by atoms with Crippen LogP contribution in [0.1, 0.15) is 21.5 Å². The van der Waals surface area contributed by atoms with Gasteiger partial charge in [0.15, 0.2) is 5.43 Å². The molecule has 0 fully saturated rings. The van der Waals surface area contributed by atoms with Crippen molar-refractivity contribution in [2.45, 2.75) is 23.6 Å². The van der Waals surface area contributed by atoms with Crippen LogP contribution in [0.4, 0.5) is 5.69 Å². The number of rotatable bonds is 5. The molecule has 1 amide bonds. The molecule has 0 aliphatic heterocycles. The molecule has 5 heteroatoms. The Bertz CT molecular complexity index is 1590. The summed E-state index contributed by atoms with van der Waals surface area (Å²) in [5.41, 5.74) is 4.46. The molecule has 0 radical (unpaired) electrons. The van der Waals surface area contributed by atoms with Crippen molar-refractivity contribution in [2.24, 2.45) is 0 Å². The average Bonchev–Trinajstić information content (AvgIpc) is 2.86. The molecule has 5 rings (SSSR count). The second kappa shape index (κ2) is 9.65. The largest absolute Gasteiger partial charge is 0.456 e. The minimum absolute atomic E-state index is 0.0811. The molecule has 0 atom stereocenters. The first-order valence-corrected chi connectivity index (χ1v) is 12.1. The fraction of sp³-hybridized carbons (Fsp3) is 0.0667. The summed E-state index contributed by atoms with van der Waals surface area (Å²) in [4.78, 5) is 27.7. The van der Waals surface area contributed by atoms with Gasteiger partial charge in [0.05, 0.1) is 11.1 Å². The van der Waals surface area contributed by atoms with E-state index in [-0.39, 0.29) is 11.3 Å². The Morgan fingerprint density at radius 1 is 0.829 bits per heavy atom. The summed E-state index contributed by atoms with van der Waals surface area (Å²) < 4.78 is 6.08. The quantitative estimate of drug-likeness (QED) is 0.285. The zero-order valence-corrected chi connectivity index (χ0v) is 20.2. The van der Waals surface area contributed by atoms with Crippen LogP contribution in [-0.4, -0.2) is 5.91 Å². The molecule has 0 aliphatic rings. The summed E-state index contributed by atoms with van der Waals surface area (Å²) in [6, 6.07) is 30.2. The highest BCUT2D eigenvalue weighted by Gasteiger charge is 2.13. The molecule has 0 aliphatic carbocycles. The zero-order chi connectivity index (χ0) is 24.4. The molecular weight excluding hydrogens is 454 g/mol. The van der Waals surface area contributed by atoms with E-state index in [0.29, 0.717) is 22.3 Å². The number of fused-ring (bicyclic) bond motifs is 1. The number of hydrogen-bond acceptors (Lipinski definition) is 4. The molecule has 35 heavy (non-hydrogen) atoms. The van der Waals surface area contributed by atoms with Gasteiger partial charge >= 0.3 is 0 Å². The van der Waals surface area contributed by atoms with Crippen LogP contribution in [0.5, 0.6) is 0 Å². The summed E-state index contributed by atoms with van der Waals surface area (Å²) in [7, 11) is 0. The second-order valence-electron chi connectivity index (χ2n) is 8.38. The molecule has 4 aromatic carbocycles. The lowest BCUT2D eigenvalue weighted by Gasteiger charge is -2.11. The number of nitrogens with one attached hydrogen (secondary N) is 1. The van der Waals surface area contributed by atoms with Crippen molar-refractivity contribution in [1.82, 2.24) is 0 Å². The molecule has 0 bridgehead atoms. The number of hydrogen-bond donors (Lipinski definition) is 1. The van der Waals surface area contributed by atoms with E-state index in [9.17, 15) is 9.59 Å². The van der Waals surface area contributed by atoms with Crippen molar-refractivity contribution >= 4 is 34.3 Å². The fourth-order valence-corrected chi connectivity index (χ4v) is 4.93. The summed E-state index contributed by atoms with van der Waals surface area (Å²) in [6.07, 6.45) is 0. The lowest BCUT2D eigenvalue weighted by molar-refractivity contribution is 0.102. The Morgan fingerprint density at radius 3 is 2.31 bits per heavy atom. The maximum atomic E-state index is 13.0. The van der Waals surface area contributed by atoms with Gasteiger partial charge in [0, 0.05) is 27.0 Å². The number of carbonyl (C=O) groups excluding carboxylic acids is 1. The monoisotopic (exact) mass is 477 g/mol. The molecule has 1 aromatic heterocycles. The normalized spacial score (nSPS) is 10.9. The third-order valence-corrected chi connectivity index (χ3v) is 6.78. The van der Waals surface area contributed by atoms with Gasteiger partial charge in [0.2, 0.25) is 0 Å². The van der Waals surface area contributed by atoms with Crippen molar-refractivity contribution in [1.29, 1.82) is 0 Å². The van der Waals surface area contributed by atoms with Gasteiger partial charge in [-0.2, -0.15) is 0 Å². The average molecular weight is 478 g/mol. The summed E-state index contributed by atoms with van der Waals surface area (Å²) >= 11 is 1.60. The van der Waals surface area contributed by atoms with Gasteiger partial charge in [-0.3, -0.25) is 9.59 Å². The van der Waals surface area contributed by atoms with Crippen molar-refractivity contribution < 1.29 is 9.21 Å². The van der Waals surface area contributed by atoms with E-state index in [2.05, 4.69) is 5.32 Å². The Labute approximate surface area is 207 Å². The van der Waals surface area contributed by atoms with Gasteiger partial charge in [-0.05, 0) is 67.4 Å². The number of anilines is 1. The first-order valence-electron chi connectivity index (χ1n) is 11.3. The van der Waals surface area contributed by atoms with Crippen LogP contribution in [0.2, 0.25) is 0 Å². The van der Waals surface area contributed by atoms with E-state index >= 15 is 0 Å². The highest BCUT2D eigenvalue weighted by atomic mass is 32.2. The minimum atomic E-state index is -0.205. The molecule has 1 N–H and O–H groups in total. The van der Waals surface area contributed by atoms with Crippen molar-refractivity contribution in [2.75, 3.05) is 5.32 Å². The Kier molecular flexibility index (Phi) is 6.25. The molecule has 0 unspecified atom stereocenters. The lowest BCUT2D eigenvalue weighted by Crippen LogP contribution is -2.12. The molecule has 4 nitrogen and oxygen atoms in total. The van der Waals surface area contributed by atoms with Gasteiger partial charge in [-0.25, -0.2) is 0 Å². The fourth-order valence-electron chi connectivity index (χ4n) is 4.01. The first kappa shape index (κ1) is 22.7. The Hall–Kier alpha value is -4.09. The van der Waals surface area contributed by atoms with Crippen molar-refractivity contribution in [3.05, 3.63) is 124 Å². The zero-order valence-electron chi connectivity index (χ0n) is 19.4. The van der Waals surface area contributed by atoms with Gasteiger partial charge in [-0.1, -0.05) is 60.3 Å². The third-order valence-electron chi connectivity index (χ3n) is 5.70. The minimum Gasteiger partial charge on any atom is -0.456 e. The summed E-state index contributed by atoms with van der Waals surface area (Å²) in [6.45, 7) is 3.89. The van der Waals surface area contributed by atoms with E-state index in [1.165, 1.54) is 6.07 Å². The van der Waals surface area contributed by atoms with E-state index in [4.69, 9.17) is 4.42 Å².